The standard InChI is InChI=1S/C17H17N3O3/c1-12(21)7-8-16(22)19-14-5-2-6-15(10-14)20-17(23)13-4-3-9-18-11-13/h2-6,9-11H,7-8H2,1H3,(H,19,22)(H,20,23). The Bertz CT molecular complexity index is 714. The topological polar surface area (TPSA) is 88.2 Å². The first-order valence-electron chi connectivity index (χ1n) is 7.15. The highest BCUT2D eigenvalue weighted by Gasteiger charge is 2.08. The molecular formula is C17H17N3O3. The Balaban J connectivity index is 1.98. The predicted molar refractivity (Wildman–Crippen MR) is 87.2 cm³/mol. The molecule has 0 radical (unpaired) electrons. The fraction of sp³-hybridized carbons (Fsp3) is 0.176. The molecule has 6 nitrogen and oxygen atoms in total. The third-order valence-electron chi connectivity index (χ3n) is 3.03. The van der Waals surface area contributed by atoms with Gasteiger partial charge in [0.25, 0.3) is 5.91 Å². The predicted octanol–water partition coefficient (Wildman–Crippen LogP) is 2.64. The van der Waals surface area contributed by atoms with E-state index < -0.39 is 0 Å². The van der Waals surface area contributed by atoms with Crippen LogP contribution < -0.4 is 10.6 Å². The Labute approximate surface area is 133 Å². The summed E-state index contributed by atoms with van der Waals surface area (Å²) in [5.41, 5.74) is 1.56. The molecule has 6 heteroatoms. The number of Topliss-reactive ketones (excluding diaryl/α,β-unsaturated/α-hetero) is 1. The molecule has 23 heavy (non-hydrogen) atoms. The van der Waals surface area contributed by atoms with Crippen LogP contribution in [0.25, 0.3) is 0 Å². The van der Waals surface area contributed by atoms with Crippen LogP contribution >= 0.6 is 0 Å². The molecule has 0 atom stereocenters. The van der Waals surface area contributed by atoms with Gasteiger partial charge in [-0.15, -0.1) is 0 Å². The number of amides is 2. The normalized spacial score (nSPS) is 9.96. The molecule has 1 aromatic carbocycles. The molecule has 0 aliphatic rings. The maximum atomic E-state index is 12.0. The summed E-state index contributed by atoms with van der Waals surface area (Å²) in [6.07, 6.45) is 3.42. The minimum Gasteiger partial charge on any atom is -0.326 e. The smallest absolute Gasteiger partial charge is 0.257 e. The lowest BCUT2D eigenvalue weighted by atomic mass is 10.2. The Morgan fingerprint density at radius 3 is 2.39 bits per heavy atom. The quantitative estimate of drug-likeness (QED) is 0.858. The molecule has 0 unspecified atom stereocenters. The summed E-state index contributed by atoms with van der Waals surface area (Å²) in [5.74, 6) is -0.549. The number of hydrogen-bond acceptors (Lipinski definition) is 4. The van der Waals surface area contributed by atoms with Gasteiger partial charge in [-0.1, -0.05) is 6.07 Å². The molecule has 2 amide bonds. The van der Waals surface area contributed by atoms with Crippen molar-refractivity contribution in [2.24, 2.45) is 0 Å². The average Bonchev–Trinajstić information content (AvgIpc) is 2.54. The van der Waals surface area contributed by atoms with Crippen molar-refractivity contribution in [3.8, 4) is 0 Å². The summed E-state index contributed by atoms with van der Waals surface area (Å²) in [5, 5.41) is 5.43. The Morgan fingerprint density at radius 2 is 1.74 bits per heavy atom. The van der Waals surface area contributed by atoms with E-state index in [-0.39, 0.29) is 30.4 Å². The van der Waals surface area contributed by atoms with Crippen molar-refractivity contribution in [2.45, 2.75) is 19.8 Å². The number of pyridine rings is 1. The number of carbonyl (C=O) groups excluding carboxylic acids is 3. The van der Waals surface area contributed by atoms with Gasteiger partial charge in [0.1, 0.15) is 5.78 Å². The number of nitrogens with zero attached hydrogens (tertiary/aromatic N) is 1. The number of nitrogens with one attached hydrogen (secondary N) is 2. The summed E-state index contributed by atoms with van der Waals surface area (Å²) in [7, 11) is 0. The Hall–Kier alpha value is -3.02. The van der Waals surface area contributed by atoms with Crippen molar-refractivity contribution >= 4 is 29.0 Å². The molecular weight excluding hydrogens is 294 g/mol. The van der Waals surface area contributed by atoms with Crippen molar-refractivity contribution < 1.29 is 14.4 Å². The van der Waals surface area contributed by atoms with Crippen molar-refractivity contribution in [3.05, 3.63) is 54.4 Å². The van der Waals surface area contributed by atoms with Gasteiger partial charge < -0.3 is 15.4 Å². The lowest BCUT2D eigenvalue weighted by molar-refractivity contribution is -0.121. The molecule has 2 N–H and O–H groups in total. The summed E-state index contributed by atoms with van der Waals surface area (Å²) < 4.78 is 0. The van der Waals surface area contributed by atoms with Gasteiger partial charge in [0.2, 0.25) is 5.91 Å². The number of anilines is 2. The van der Waals surface area contributed by atoms with E-state index in [0.717, 1.165) is 0 Å². The highest BCUT2D eigenvalue weighted by molar-refractivity contribution is 6.04. The van der Waals surface area contributed by atoms with Crippen LogP contribution in [0.2, 0.25) is 0 Å². The van der Waals surface area contributed by atoms with E-state index in [1.165, 1.54) is 13.1 Å². The zero-order chi connectivity index (χ0) is 16.7. The molecule has 2 aromatic rings. The monoisotopic (exact) mass is 311 g/mol. The SMILES string of the molecule is CC(=O)CCC(=O)Nc1cccc(NC(=O)c2cccnc2)c1. The van der Waals surface area contributed by atoms with Gasteiger partial charge in [-0.2, -0.15) is 0 Å². The van der Waals surface area contributed by atoms with E-state index in [1.807, 2.05) is 0 Å². The fourth-order valence-corrected chi connectivity index (χ4v) is 1.89. The van der Waals surface area contributed by atoms with Crippen molar-refractivity contribution in [3.63, 3.8) is 0 Å². The lowest BCUT2D eigenvalue weighted by Gasteiger charge is -2.08. The molecule has 2 rings (SSSR count). The second-order valence-corrected chi connectivity index (χ2v) is 5.03. The van der Waals surface area contributed by atoms with Gasteiger partial charge in [-0.25, -0.2) is 0 Å². The summed E-state index contributed by atoms with van der Waals surface area (Å²) >= 11 is 0. The van der Waals surface area contributed by atoms with Crippen LogP contribution in [0.5, 0.6) is 0 Å². The van der Waals surface area contributed by atoms with E-state index in [4.69, 9.17) is 0 Å². The van der Waals surface area contributed by atoms with Crippen LogP contribution in [-0.2, 0) is 9.59 Å². The number of carbonyl (C=O) groups is 3. The molecule has 0 saturated heterocycles. The second-order valence-electron chi connectivity index (χ2n) is 5.03. The second kappa shape index (κ2) is 7.84. The molecule has 0 saturated carbocycles. The van der Waals surface area contributed by atoms with E-state index in [0.29, 0.717) is 16.9 Å². The Kier molecular flexibility index (Phi) is 5.57. The summed E-state index contributed by atoms with van der Waals surface area (Å²) in [4.78, 5) is 38.5. The summed E-state index contributed by atoms with van der Waals surface area (Å²) in [6.45, 7) is 1.45. The van der Waals surface area contributed by atoms with Crippen molar-refractivity contribution in [2.75, 3.05) is 10.6 Å². The van der Waals surface area contributed by atoms with Crippen LogP contribution in [0, 0.1) is 0 Å². The third-order valence-corrected chi connectivity index (χ3v) is 3.03. The van der Waals surface area contributed by atoms with E-state index in [1.54, 1.807) is 42.6 Å². The fourth-order valence-electron chi connectivity index (χ4n) is 1.89. The van der Waals surface area contributed by atoms with Gasteiger partial charge in [-0.3, -0.25) is 14.6 Å². The number of rotatable bonds is 6. The van der Waals surface area contributed by atoms with Crippen LogP contribution in [0.4, 0.5) is 11.4 Å². The molecule has 0 fully saturated rings. The minimum absolute atomic E-state index is 0.0300. The van der Waals surface area contributed by atoms with E-state index in [2.05, 4.69) is 15.6 Å². The maximum absolute atomic E-state index is 12.0. The highest BCUT2D eigenvalue weighted by atomic mass is 16.2. The zero-order valence-electron chi connectivity index (χ0n) is 12.7. The minimum atomic E-state index is -0.279. The van der Waals surface area contributed by atoms with Crippen molar-refractivity contribution in [1.82, 2.24) is 4.98 Å². The largest absolute Gasteiger partial charge is 0.326 e. The molecule has 0 aliphatic heterocycles. The number of benzene rings is 1. The number of ketones is 1. The summed E-state index contributed by atoms with van der Waals surface area (Å²) in [6, 6.07) is 10.2. The van der Waals surface area contributed by atoms with Crippen LogP contribution in [0.15, 0.2) is 48.8 Å². The lowest BCUT2D eigenvalue weighted by Crippen LogP contribution is -2.14. The Morgan fingerprint density at radius 1 is 1.00 bits per heavy atom. The first kappa shape index (κ1) is 16.4. The van der Waals surface area contributed by atoms with Gasteiger partial charge in [0, 0.05) is 36.6 Å². The van der Waals surface area contributed by atoms with E-state index in [9.17, 15) is 14.4 Å². The van der Waals surface area contributed by atoms with Gasteiger partial charge in [-0.05, 0) is 37.3 Å². The van der Waals surface area contributed by atoms with Crippen LogP contribution in [-0.4, -0.2) is 22.6 Å². The molecule has 0 spiro atoms. The number of hydrogen-bond donors (Lipinski definition) is 2. The van der Waals surface area contributed by atoms with Gasteiger partial charge in [0.15, 0.2) is 0 Å². The maximum Gasteiger partial charge on any atom is 0.257 e. The first-order valence-corrected chi connectivity index (χ1v) is 7.15. The average molecular weight is 311 g/mol. The number of aromatic nitrogens is 1. The van der Waals surface area contributed by atoms with Crippen molar-refractivity contribution in [1.29, 1.82) is 0 Å². The first-order chi connectivity index (χ1) is 11.0. The molecule has 1 aromatic heterocycles. The molecule has 0 aliphatic carbocycles. The van der Waals surface area contributed by atoms with Crippen LogP contribution in [0.1, 0.15) is 30.1 Å². The highest BCUT2D eigenvalue weighted by Crippen LogP contribution is 2.16. The van der Waals surface area contributed by atoms with Gasteiger partial charge >= 0.3 is 0 Å². The molecule has 0 bridgehead atoms. The zero-order valence-corrected chi connectivity index (χ0v) is 12.7. The molecule has 118 valence electrons. The van der Waals surface area contributed by atoms with Crippen LogP contribution in [0.3, 0.4) is 0 Å². The van der Waals surface area contributed by atoms with Gasteiger partial charge in [0.05, 0.1) is 5.56 Å². The molecule has 1 heterocycles. The third kappa shape index (κ3) is 5.35. The van der Waals surface area contributed by atoms with E-state index >= 15 is 0 Å².